The second-order valence-electron chi connectivity index (χ2n) is 4.17. The van der Waals surface area contributed by atoms with Crippen molar-refractivity contribution in [3.63, 3.8) is 0 Å². The molecule has 3 heteroatoms. The minimum absolute atomic E-state index is 0.764. The number of hydrogen-bond acceptors (Lipinski definition) is 3. The summed E-state index contributed by atoms with van der Waals surface area (Å²) in [6, 6.07) is 10.0. The molecule has 94 valence electrons. The topological polar surface area (TPSA) is 34.1 Å². The summed E-state index contributed by atoms with van der Waals surface area (Å²) in [7, 11) is 0. The molecule has 2 aromatic rings. The highest BCUT2D eigenvalue weighted by atomic mass is 16.5. The van der Waals surface area contributed by atoms with Crippen LogP contribution >= 0.6 is 0 Å². The zero-order chi connectivity index (χ0) is 12.8. The highest BCUT2D eigenvalue weighted by molar-refractivity contribution is 5.39. The number of pyridine rings is 1. The fourth-order valence-corrected chi connectivity index (χ4v) is 1.74. The third kappa shape index (κ3) is 3.31. The fourth-order valence-electron chi connectivity index (χ4n) is 1.74. The molecule has 0 saturated carbocycles. The van der Waals surface area contributed by atoms with Crippen molar-refractivity contribution in [2.75, 3.05) is 6.54 Å². The SMILES string of the molecule is CCNCc1ccc(Oc2cccnc2)c(C)c1. The normalized spacial score (nSPS) is 10.3. The molecule has 3 nitrogen and oxygen atoms in total. The number of ether oxygens (including phenoxy) is 1. The number of aryl methyl sites for hydroxylation is 1. The van der Waals surface area contributed by atoms with Crippen LogP contribution in [0, 0.1) is 6.92 Å². The van der Waals surface area contributed by atoms with Crippen molar-refractivity contribution >= 4 is 0 Å². The monoisotopic (exact) mass is 242 g/mol. The third-order valence-electron chi connectivity index (χ3n) is 2.68. The number of rotatable bonds is 5. The molecule has 1 aromatic carbocycles. The van der Waals surface area contributed by atoms with E-state index in [1.165, 1.54) is 5.56 Å². The summed E-state index contributed by atoms with van der Waals surface area (Å²) in [5, 5.41) is 3.31. The molecule has 0 aliphatic heterocycles. The van der Waals surface area contributed by atoms with Gasteiger partial charge in [-0.2, -0.15) is 0 Å². The molecular formula is C15H18N2O. The minimum Gasteiger partial charge on any atom is -0.455 e. The Morgan fingerprint density at radius 2 is 2.17 bits per heavy atom. The quantitative estimate of drug-likeness (QED) is 0.873. The van der Waals surface area contributed by atoms with E-state index >= 15 is 0 Å². The fraction of sp³-hybridized carbons (Fsp3) is 0.267. The highest BCUT2D eigenvalue weighted by Crippen LogP contribution is 2.24. The molecule has 0 spiro atoms. The zero-order valence-corrected chi connectivity index (χ0v) is 10.8. The number of hydrogen-bond donors (Lipinski definition) is 1. The van der Waals surface area contributed by atoms with Gasteiger partial charge in [0.15, 0.2) is 0 Å². The predicted octanol–water partition coefficient (Wildman–Crippen LogP) is 3.29. The Hall–Kier alpha value is -1.87. The summed E-state index contributed by atoms with van der Waals surface area (Å²) >= 11 is 0. The van der Waals surface area contributed by atoms with Crippen LogP contribution in [0.25, 0.3) is 0 Å². The first-order valence-electron chi connectivity index (χ1n) is 6.17. The summed E-state index contributed by atoms with van der Waals surface area (Å²) < 4.78 is 5.79. The van der Waals surface area contributed by atoms with Crippen LogP contribution < -0.4 is 10.1 Å². The molecule has 0 atom stereocenters. The second-order valence-corrected chi connectivity index (χ2v) is 4.17. The molecule has 0 amide bonds. The van der Waals surface area contributed by atoms with E-state index in [0.29, 0.717) is 0 Å². The number of benzene rings is 1. The molecule has 0 saturated heterocycles. The average molecular weight is 242 g/mol. The van der Waals surface area contributed by atoms with E-state index in [-0.39, 0.29) is 0 Å². The van der Waals surface area contributed by atoms with Gasteiger partial charge < -0.3 is 10.1 Å². The largest absolute Gasteiger partial charge is 0.455 e. The Kier molecular flexibility index (Phi) is 4.31. The van der Waals surface area contributed by atoms with Crippen molar-refractivity contribution in [3.05, 3.63) is 53.9 Å². The first-order valence-corrected chi connectivity index (χ1v) is 6.17. The zero-order valence-electron chi connectivity index (χ0n) is 10.8. The molecular weight excluding hydrogens is 224 g/mol. The van der Waals surface area contributed by atoms with E-state index < -0.39 is 0 Å². The molecule has 1 heterocycles. The molecule has 0 aliphatic carbocycles. The number of aromatic nitrogens is 1. The Balaban J connectivity index is 2.10. The lowest BCUT2D eigenvalue weighted by molar-refractivity contribution is 0.476. The lowest BCUT2D eigenvalue weighted by Crippen LogP contribution is -2.11. The van der Waals surface area contributed by atoms with Gasteiger partial charge in [0, 0.05) is 12.7 Å². The second kappa shape index (κ2) is 6.17. The van der Waals surface area contributed by atoms with Crippen LogP contribution in [0.1, 0.15) is 18.1 Å². The Morgan fingerprint density at radius 1 is 1.28 bits per heavy atom. The highest BCUT2D eigenvalue weighted by Gasteiger charge is 2.02. The summed E-state index contributed by atoms with van der Waals surface area (Å²) in [5.74, 6) is 1.64. The van der Waals surface area contributed by atoms with Gasteiger partial charge in [0.25, 0.3) is 0 Å². The molecule has 0 bridgehead atoms. The van der Waals surface area contributed by atoms with E-state index in [1.807, 2.05) is 18.2 Å². The predicted molar refractivity (Wildman–Crippen MR) is 72.9 cm³/mol. The van der Waals surface area contributed by atoms with E-state index in [1.54, 1.807) is 12.4 Å². The van der Waals surface area contributed by atoms with Crippen LogP contribution in [0.2, 0.25) is 0 Å². The summed E-state index contributed by atoms with van der Waals surface area (Å²) in [5.41, 5.74) is 2.40. The maximum atomic E-state index is 5.79. The van der Waals surface area contributed by atoms with Crippen molar-refractivity contribution in [2.45, 2.75) is 20.4 Å². The maximum absolute atomic E-state index is 5.79. The molecule has 2 rings (SSSR count). The lowest BCUT2D eigenvalue weighted by atomic mass is 10.1. The number of nitrogens with zero attached hydrogens (tertiary/aromatic N) is 1. The summed E-state index contributed by atoms with van der Waals surface area (Å²) in [6.45, 7) is 6.03. The Morgan fingerprint density at radius 3 is 2.83 bits per heavy atom. The van der Waals surface area contributed by atoms with Gasteiger partial charge >= 0.3 is 0 Å². The van der Waals surface area contributed by atoms with E-state index in [4.69, 9.17) is 4.74 Å². The molecule has 1 aromatic heterocycles. The molecule has 0 fully saturated rings. The first kappa shape index (κ1) is 12.6. The molecule has 0 unspecified atom stereocenters. The Labute approximate surface area is 108 Å². The number of nitrogens with one attached hydrogen (secondary N) is 1. The van der Waals surface area contributed by atoms with Gasteiger partial charge in [-0.3, -0.25) is 4.98 Å². The standard InChI is InChI=1S/C15H18N2O/c1-3-16-10-13-6-7-15(12(2)9-13)18-14-5-4-8-17-11-14/h4-9,11,16H,3,10H2,1-2H3. The van der Waals surface area contributed by atoms with Crippen LogP contribution in [0.15, 0.2) is 42.7 Å². The van der Waals surface area contributed by atoms with Crippen LogP contribution in [-0.4, -0.2) is 11.5 Å². The van der Waals surface area contributed by atoms with Crippen LogP contribution in [0.4, 0.5) is 0 Å². The van der Waals surface area contributed by atoms with Crippen molar-refractivity contribution in [2.24, 2.45) is 0 Å². The van der Waals surface area contributed by atoms with Crippen LogP contribution in [-0.2, 0) is 6.54 Å². The van der Waals surface area contributed by atoms with Crippen molar-refractivity contribution in [3.8, 4) is 11.5 Å². The van der Waals surface area contributed by atoms with E-state index in [0.717, 1.165) is 30.2 Å². The van der Waals surface area contributed by atoms with Crippen LogP contribution in [0.5, 0.6) is 11.5 Å². The average Bonchev–Trinajstić information content (AvgIpc) is 2.40. The van der Waals surface area contributed by atoms with Gasteiger partial charge in [-0.1, -0.05) is 19.1 Å². The third-order valence-corrected chi connectivity index (χ3v) is 2.68. The lowest BCUT2D eigenvalue weighted by Gasteiger charge is -2.10. The van der Waals surface area contributed by atoms with Gasteiger partial charge in [0.1, 0.15) is 11.5 Å². The smallest absolute Gasteiger partial charge is 0.145 e. The molecule has 18 heavy (non-hydrogen) atoms. The maximum Gasteiger partial charge on any atom is 0.145 e. The van der Waals surface area contributed by atoms with Crippen molar-refractivity contribution in [1.29, 1.82) is 0 Å². The Bertz CT molecular complexity index is 497. The van der Waals surface area contributed by atoms with Gasteiger partial charge in [0.2, 0.25) is 0 Å². The molecule has 1 N–H and O–H groups in total. The van der Waals surface area contributed by atoms with Crippen molar-refractivity contribution < 1.29 is 4.74 Å². The minimum atomic E-state index is 0.764. The van der Waals surface area contributed by atoms with Crippen LogP contribution in [0.3, 0.4) is 0 Å². The van der Waals surface area contributed by atoms with E-state index in [2.05, 4.69) is 36.3 Å². The molecule has 0 radical (unpaired) electrons. The summed E-state index contributed by atoms with van der Waals surface area (Å²) in [6.07, 6.45) is 3.45. The van der Waals surface area contributed by atoms with Gasteiger partial charge in [0.05, 0.1) is 6.20 Å². The van der Waals surface area contributed by atoms with Gasteiger partial charge in [-0.05, 0) is 42.8 Å². The van der Waals surface area contributed by atoms with Crippen molar-refractivity contribution in [1.82, 2.24) is 10.3 Å². The summed E-state index contributed by atoms with van der Waals surface area (Å²) in [4.78, 5) is 4.03. The first-order chi connectivity index (χ1) is 8.79. The molecule has 0 aliphatic rings. The van der Waals surface area contributed by atoms with E-state index in [9.17, 15) is 0 Å². The van der Waals surface area contributed by atoms with Gasteiger partial charge in [-0.15, -0.1) is 0 Å². The van der Waals surface area contributed by atoms with Gasteiger partial charge in [-0.25, -0.2) is 0 Å².